The molecule has 52 heavy (non-hydrogen) atoms. The summed E-state index contributed by atoms with van der Waals surface area (Å²) in [5.41, 5.74) is 15.0. The second kappa shape index (κ2) is 14.8. The van der Waals surface area contributed by atoms with Gasteiger partial charge in [-0.25, -0.2) is 0 Å². The lowest BCUT2D eigenvalue weighted by Gasteiger charge is -2.37. The molecule has 7 rings (SSSR count). The Balaban J connectivity index is 1.50. The van der Waals surface area contributed by atoms with Crippen molar-refractivity contribution in [1.82, 2.24) is 0 Å². The zero-order chi connectivity index (χ0) is 36.5. The van der Waals surface area contributed by atoms with E-state index in [1.54, 1.807) is 0 Å². The van der Waals surface area contributed by atoms with Crippen molar-refractivity contribution < 1.29 is 0 Å². The van der Waals surface area contributed by atoms with E-state index in [0.29, 0.717) is 23.7 Å². The number of rotatable bonds is 10. The van der Waals surface area contributed by atoms with Gasteiger partial charge in [-0.15, -0.1) is 0 Å². The number of para-hydroxylation sites is 6. The predicted molar refractivity (Wildman–Crippen MR) is 223 cm³/mol. The molecule has 0 saturated heterocycles. The van der Waals surface area contributed by atoms with Crippen molar-refractivity contribution in [2.24, 2.45) is 0 Å². The first-order valence-electron chi connectivity index (χ1n) is 19.0. The second-order valence-electron chi connectivity index (χ2n) is 15.2. The zero-order valence-electron chi connectivity index (χ0n) is 32.0. The monoisotopic (exact) mass is 682 g/mol. The van der Waals surface area contributed by atoms with Crippen LogP contribution in [0.5, 0.6) is 0 Å². The van der Waals surface area contributed by atoms with Gasteiger partial charge in [0.1, 0.15) is 0 Å². The number of hydrogen-bond acceptors (Lipinski definition) is 3. The first-order valence-corrected chi connectivity index (χ1v) is 19.0. The number of fused-ring (bicyclic) bond motifs is 1. The summed E-state index contributed by atoms with van der Waals surface area (Å²) in [6.45, 7) is 18.6. The zero-order valence-corrected chi connectivity index (χ0v) is 32.0. The third-order valence-corrected chi connectivity index (χ3v) is 10.3. The molecule has 0 N–H and O–H groups in total. The lowest BCUT2D eigenvalue weighted by Crippen LogP contribution is -2.33. The minimum atomic E-state index is 0.345. The normalized spacial score (nSPS) is 13.2. The lowest BCUT2D eigenvalue weighted by atomic mass is 9.90. The average Bonchev–Trinajstić information content (AvgIpc) is 3.50. The van der Waals surface area contributed by atoms with Gasteiger partial charge in [0.05, 0.1) is 22.7 Å². The molecule has 0 amide bonds. The fraction of sp³-hybridized carbons (Fsp3) is 0.245. The molecule has 1 aliphatic heterocycles. The minimum Gasteiger partial charge on any atom is -0.311 e. The maximum absolute atomic E-state index is 2.59. The molecule has 263 valence electrons. The number of benzene rings is 6. The maximum atomic E-state index is 2.59. The standard InChI is InChI=1S/C49H52N3/c1-33(2)41-23-17-24-42(34(3)4)47(41)51-45-27-15-16-28-46(45)52(48-43(35(5)6)25-18-26-44(48)36(7)8)49(51)37-29-31-40(32-30-37)50(38-19-11-9-12-20-38)39-21-13-10-14-22-39/h9-36H,1-8H3. The quantitative estimate of drug-likeness (QED) is 0.142. The minimum absolute atomic E-state index is 0.345. The molecule has 0 aliphatic carbocycles. The van der Waals surface area contributed by atoms with E-state index in [2.05, 4.69) is 216 Å². The summed E-state index contributed by atoms with van der Waals surface area (Å²) in [5.74, 6) is 1.38. The van der Waals surface area contributed by atoms with Crippen molar-refractivity contribution in [1.29, 1.82) is 0 Å². The molecule has 0 saturated carbocycles. The van der Waals surface area contributed by atoms with E-state index >= 15 is 0 Å². The Hall–Kier alpha value is -5.28. The molecule has 6 aromatic rings. The maximum Gasteiger partial charge on any atom is 0.196 e. The first kappa shape index (κ1) is 35.1. The second-order valence-corrected chi connectivity index (χ2v) is 15.2. The fourth-order valence-electron chi connectivity index (χ4n) is 7.78. The third kappa shape index (κ3) is 6.38. The van der Waals surface area contributed by atoms with Crippen molar-refractivity contribution >= 4 is 39.8 Å². The van der Waals surface area contributed by atoms with Crippen molar-refractivity contribution in [3.05, 3.63) is 180 Å². The SMILES string of the molecule is CC(C)c1cccc(C(C)C)c1N1[C](c2ccc(N(c3ccccc3)c3ccccc3)cc2)N(c2c(C(C)C)cccc2C(C)C)c2ccccc21. The van der Waals surface area contributed by atoms with Gasteiger partial charge in [-0.1, -0.05) is 152 Å². The Morgan fingerprint density at radius 2 is 0.673 bits per heavy atom. The Morgan fingerprint density at radius 3 is 1.02 bits per heavy atom. The Kier molecular flexibility index (Phi) is 9.97. The van der Waals surface area contributed by atoms with Crippen LogP contribution in [-0.4, -0.2) is 0 Å². The van der Waals surface area contributed by atoms with Crippen LogP contribution in [0.15, 0.2) is 146 Å². The number of hydrogen-bond donors (Lipinski definition) is 0. The summed E-state index contributed by atoms with van der Waals surface area (Å²) in [5, 5.41) is 0. The summed E-state index contributed by atoms with van der Waals surface area (Å²) >= 11 is 0. The molecular formula is C49H52N3. The van der Waals surface area contributed by atoms with Gasteiger partial charge in [-0.2, -0.15) is 0 Å². The highest BCUT2D eigenvalue weighted by Crippen LogP contribution is 2.57. The van der Waals surface area contributed by atoms with Crippen LogP contribution in [0.25, 0.3) is 0 Å². The van der Waals surface area contributed by atoms with Crippen LogP contribution in [0.2, 0.25) is 0 Å². The molecule has 0 unspecified atom stereocenters. The van der Waals surface area contributed by atoms with Gasteiger partial charge < -0.3 is 14.7 Å². The van der Waals surface area contributed by atoms with Gasteiger partial charge in [0, 0.05) is 22.6 Å². The summed E-state index contributed by atoms with van der Waals surface area (Å²) in [6, 6.07) is 53.4. The third-order valence-electron chi connectivity index (χ3n) is 10.3. The van der Waals surface area contributed by atoms with Crippen molar-refractivity contribution in [2.75, 3.05) is 14.7 Å². The van der Waals surface area contributed by atoms with E-state index in [0.717, 1.165) is 17.1 Å². The molecule has 6 aromatic carbocycles. The van der Waals surface area contributed by atoms with E-state index in [9.17, 15) is 0 Å². The van der Waals surface area contributed by atoms with E-state index in [4.69, 9.17) is 0 Å². The highest BCUT2D eigenvalue weighted by Gasteiger charge is 2.44. The molecule has 0 atom stereocenters. The molecule has 1 heterocycles. The highest BCUT2D eigenvalue weighted by atomic mass is 15.4. The molecule has 0 bridgehead atoms. The number of anilines is 7. The van der Waals surface area contributed by atoms with Crippen LogP contribution in [0.3, 0.4) is 0 Å². The Labute approximate surface area is 312 Å². The van der Waals surface area contributed by atoms with Crippen molar-refractivity contribution in [3.8, 4) is 0 Å². The predicted octanol–water partition coefficient (Wildman–Crippen LogP) is 14.5. The summed E-state index contributed by atoms with van der Waals surface area (Å²) < 4.78 is 0. The average molecular weight is 683 g/mol. The Bertz CT molecular complexity index is 1930. The van der Waals surface area contributed by atoms with Crippen LogP contribution < -0.4 is 14.7 Å². The number of nitrogens with zero attached hydrogens (tertiary/aromatic N) is 3. The van der Waals surface area contributed by atoms with E-state index < -0.39 is 0 Å². The Morgan fingerprint density at radius 1 is 0.346 bits per heavy atom. The van der Waals surface area contributed by atoms with Gasteiger partial charge >= 0.3 is 0 Å². The molecule has 3 heteroatoms. The van der Waals surface area contributed by atoms with Crippen LogP contribution in [0, 0.1) is 6.17 Å². The molecule has 0 spiro atoms. The van der Waals surface area contributed by atoms with Gasteiger partial charge in [0.25, 0.3) is 0 Å². The lowest BCUT2D eigenvalue weighted by molar-refractivity contribution is 0.807. The molecule has 1 radical (unpaired) electrons. The first-order chi connectivity index (χ1) is 25.2. The van der Waals surface area contributed by atoms with Gasteiger partial charge in [0.15, 0.2) is 6.17 Å². The topological polar surface area (TPSA) is 9.72 Å². The molecular weight excluding hydrogens is 631 g/mol. The summed E-state index contributed by atoms with van der Waals surface area (Å²) in [4.78, 5) is 7.51. The molecule has 0 fully saturated rings. The van der Waals surface area contributed by atoms with Crippen LogP contribution in [0.4, 0.5) is 39.8 Å². The van der Waals surface area contributed by atoms with E-state index in [1.165, 1.54) is 56.7 Å². The molecule has 0 aromatic heterocycles. The molecule has 1 aliphatic rings. The van der Waals surface area contributed by atoms with Crippen molar-refractivity contribution in [3.63, 3.8) is 0 Å². The van der Waals surface area contributed by atoms with Crippen LogP contribution in [-0.2, 0) is 0 Å². The summed E-state index contributed by atoms with van der Waals surface area (Å²) in [6.07, 6.45) is 1.17. The smallest absolute Gasteiger partial charge is 0.196 e. The largest absolute Gasteiger partial charge is 0.311 e. The van der Waals surface area contributed by atoms with E-state index in [-0.39, 0.29) is 0 Å². The fourth-order valence-corrected chi connectivity index (χ4v) is 7.78. The van der Waals surface area contributed by atoms with Crippen LogP contribution in [0.1, 0.15) is 107 Å². The van der Waals surface area contributed by atoms with Gasteiger partial charge in [0.2, 0.25) is 0 Å². The van der Waals surface area contributed by atoms with Gasteiger partial charge in [-0.3, -0.25) is 0 Å². The van der Waals surface area contributed by atoms with Crippen LogP contribution >= 0.6 is 0 Å². The van der Waals surface area contributed by atoms with E-state index in [1.807, 2.05) is 0 Å². The van der Waals surface area contributed by atoms with Crippen molar-refractivity contribution in [2.45, 2.75) is 79.1 Å². The van der Waals surface area contributed by atoms with Gasteiger partial charge in [-0.05, 0) is 94.5 Å². The highest BCUT2D eigenvalue weighted by molar-refractivity contribution is 5.96. The molecule has 3 nitrogen and oxygen atoms in total. The summed E-state index contributed by atoms with van der Waals surface area (Å²) in [7, 11) is 0.